The molecule has 1 aliphatic carbocycles. The van der Waals surface area contributed by atoms with Gasteiger partial charge in [-0.2, -0.15) is 0 Å². The fourth-order valence-electron chi connectivity index (χ4n) is 3.40. The van der Waals surface area contributed by atoms with E-state index in [0.717, 1.165) is 13.0 Å². The van der Waals surface area contributed by atoms with Crippen molar-refractivity contribution >= 4 is 16.9 Å². The third-order valence-electron chi connectivity index (χ3n) is 4.85. The molecule has 1 unspecified atom stereocenters. The van der Waals surface area contributed by atoms with Crippen LogP contribution in [0.15, 0.2) is 35.3 Å². The SMILES string of the molecule is CC(CCN=C1NC2(CCCCC2)CS1)c1ccccc1. The Bertz CT molecular complexity index is 477. The minimum Gasteiger partial charge on any atom is -0.359 e. The van der Waals surface area contributed by atoms with Crippen molar-refractivity contribution in [1.82, 2.24) is 5.32 Å². The Balaban J connectivity index is 1.49. The quantitative estimate of drug-likeness (QED) is 0.880. The highest BCUT2D eigenvalue weighted by Gasteiger charge is 2.37. The molecule has 1 atom stereocenters. The second kappa shape index (κ2) is 6.87. The van der Waals surface area contributed by atoms with Gasteiger partial charge in [0, 0.05) is 17.8 Å². The molecule has 0 bridgehead atoms. The Morgan fingerprint density at radius 2 is 1.95 bits per heavy atom. The lowest BCUT2D eigenvalue weighted by atomic mass is 9.83. The van der Waals surface area contributed by atoms with E-state index in [-0.39, 0.29) is 0 Å². The molecule has 1 N–H and O–H groups in total. The second-order valence-electron chi connectivity index (χ2n) is 6.54. The third kappa shape index (κ3) is 3.82. The molecule has 1 aromatic rings. The average molecular weight is 302 g/mol. The summed E-state index contributed by atoms with van der Waals surface area (Å²) in [5, 5.41) is 4.92. The van der Waals surface area contributed by atoms with Crippen molar-refractivity contribution in [3.05, 3.63) is 35.9 Å². The van der Waals surface area contributed by atoms with Gasteiger partial charge in [-0.3, -0.25) is 4.99 Å². The smallest absolute Gasteiger partial charge is 0.157 e. The van der Waals surface area contributed by atoms with E-state index in [1.807, 2.05) is 11.8 Å². The zero-order valence-electron chi connectivity index (χ0n) is 13.0. The van der Waals surface area contributed by atoms with Crippen LogP contribution in [0.1, 0.15) is 56.9 Å². The van der Waals surface area contributed by atoms with Crippen LogP contribution in [0.2, 0.25) is 0 Å². The first-order valence-corrected chi connectivity index (χ1v) is 9.26. The highest BCUT2D eigenvalue weighted by molar-refractivity contribution is 8.14. The molecule has 3 heteroatoms. The van der Waals surface area contributed by atoms with Crippen LogP contribution in [0.25, 0.3) is 0 Å². The van der Waals surface area contributed by atoms with Gasteiger partial charge in [0.1, 0.15) is 0 Å². The maximum Gasteiger partial charge on any atom is 0.157 e. The monoisotopic (exact) mass is 302 g/mol. The molecule has 2 aliphatic rings. The van der Waals surface area contributed by atoms with E-state index < -0.39 is 0 Å². The first-order valence-electron chi connectivity index (χ1n) is 8.28. The van der Waals surface area contributed by atoms with Crippen molar-refractivity contribution < 1.29 is 0 Å². The fourth-order valence-corrected chi connectivity index (χ4v) is 4.64. The zero-order valence-corrected chi connectivity index (χ0v) is 13.8. The Kier molecular flexibility index (Phi) is 4.89. The molecule has 114 valence electrons. The van der Waals surface area contributed by atoms with Crippen molar-refractivity contribution in [2.24, 2.45) is 4.99 Å². The lowest BCUT2D eigenvalue weighted by Crippen LogP contribution is -2.45. The molecule has 0 radical (unpaired) electrons. The number of nitrogens with one attached hydrogen (secondary N) is 1. The van der Waals surface area contributed by atoms with Crippen molar-refractivity contribution in [2.45, 2.75) is 56.9 Å². The lowest BCUT2D eigenvalue weighted by Gasteiger charge is -2.32. The summed E-state index contributed by atoms with van der Waals surface area (Å²) in [6.07, 6.45) is 7.97. The van der Waals surface area contributed by atoms with Crippen LogP contribution < -0.4 is 5.32 Å². The minimum atomic E-state index is 0.382. The first-order chi connectivity index (χ1) is 10.3. The normalized spacial score (nSPS) is 24.1. The molecule has 1 aliphatic heterocycles. The number of benzene rings is 1. The molecule has 1 aromatic carbocycles. The molecule has 1 saturated heterocycles. The molecule has 0 amide bonds. The third-order valence-corrected chi connectivity index (χ3v) is 6.06. The summed E-state index contributed by atoms with van der Waals surface area (Å²) in [6, 6.07) is 10.8. The van der Waals surface area contributed by atoms with Crippen molar-refractivity contribution in [3.63, 3.8) is 0 Å². The van der Waals surface area contributed by atoms with E-state index in [9.17, 15) is 0 Å². The molecule has 2 fully saturated rings. The minimum absolute atomic E-state index is 0.382. The number of aliphatic imine (C=N–C) groups is 1. The molecule has 21 heavy (non-hydrogen) atoms. The summed E-state index contributed by atoms with van der Waals surface area (Å²) in [5.74, 6) is 1.81. The molecule has 2 nitrogen and oxygen atoms in total. The summed E-state index contributed by atoms with van der Waals surface area (Å²) in [4.78, 5) is 4.81. The maximum absolute atomic E-state index is 4.81. The Labute approximate surface area is 132 Å². The highest BCUT2D eigenvalue weighted by Crippen LogP contribution is 2.36. The summed E-state index contributed by atoms with van der Waals surface area (Å²) in [6.45, 7) is 3.23. The van der Waals surface area contributed by atoms with Gasteiger partial charge in [0.15, 0.2) is 5.17 Å². The van der Waals surface area contributed by atoms with Crippen molar-refractivity contribution in [1.29, 1.82) is 0 Å². The molecule has 1 saturated carbocycles. The molecule has 1 heterocycles. The zero-order chi connectivity index (χ0) is 14.5. The predicted molar refractivity (Wildman–Crippen MR) is 93.2 cm³/mol. The van der Waals surface area contributed by atoms with Gasteiger partial charge in [-0.15, -0.1) is 0 Å². The summed E-state index contributed by atoms with van der Waals surface area (Å²) in [5.41, 5.74) is 1.81. The van der Waals surface area contributed by atoms with Crippen LogP contribution in [0.3, 0.4) is 0 Å². The van der Waals surface area contributed by atoms with Gasteiger partial charge in [-0.05, 0) is 30.7 Å². The van der Waals surface area contributed by atoms with Gasteiger partial charge in [-0.25, -0.2) is 0 Å². The summed E-state index contributed by atoms with van der Waals surface area (Å²) in [7, 11) is 0. The fraction of sp³-hybridized carbons (Fsp3) is 0.611. The Morgan fingerprint density at radius 1 is 1.19 bits per heavy atom. The molecular formula is C18H26N2S. The number of rotatable bonds is 4. The van der Waals surface area contributed by atoms with Gasteiger partial charge >= 0.3 is 0 Å². The number of nitrogens with zero attached hydrogens (tertiary/aromatic N) is 1. The van der Waals surface area contributed by atoms with Gasteiger partial charge in [0.25, 0.3) is 0 Å². The van der Waals surface area contributed by atoms with Crippen molar-refractivity contribution in [3.8, 4) is 0 Å². The second-order valence-corrected chi connectivity index (χ2v) is 7.51. The van der Waals surface area contributed by atoms with Crippen LogP contribution in [-0.2, 0) is 0 Å². The van der Waals surface area contributed by atoms with Crippen LogP contribution >= 0.6 is 11.8 Å². The molecule has 1 spiro atoms. The molecular weight excluding hydrogens is 276 g/mol. The van der Waals surface area contributed by atoms with E-state index in [2.05, 4.69) is 42.6 Å². The Morgan fingerprint density at radius 3 is 2.71 bits per heavy atom. The number of amidine groups is 1. The number of hydrogen-bond acceptors (Lipinski definition) is 2. The van der Waals surface area contributed by atoms with Crippen molar-refractivity contribution in [2.75, 3.05) is 12.3 Å². The van der Waals surface area contributed by atoms with Crippen LogP contribution in [-0.4, -0.2) is 23.0 Å². The lowest BCUT2D eigenvalue weighted by molar-refractivity contribution is 0.303. The van der Waals surface area contributed by atoms with E-state index in [1.165, 1.54) is 48.6 Å². The van der Waals surface area contributed by atoms with E-state index in [0.29, 0.717) is 11.5 Å². The van der Waals surface area contributed by atoms with Gasteiger partial charge in [0.05, 0.1) is 0 Å². The van der Waals surface area contributed by atoms with Gasteiger partial charge in [-0.1, -0.05) is 68.3 Å². The average Bonchev–Trinajstić information content (AvgIpc) is 2.91. The van der Waals surface area contributed by atoms with E-state index in [4.69, 9.17) is 4.99 Å². The molecule has 3 rings (SSSR count). The summed E-state index contributed by atoms with van der Waals surface area (Å²) >= 11 is 1.93. The molecule has 0 aromatic heterocycles. The van der Waals surface area contributed by atoms with Gasteiger partial charge < -0.3 is 5.32 Å². The highest BCUT2D eigenvalue weighted by atomic mass is 32.2. The largest absolute Gasteiger partial charge is 0.359 e. The van der Waals surface area contributed by atoms with Crippen LogP contribution in [0, 0.1) is 0 Å². The topological polar surface area (TPSA) is 24.4 Å². The predicted octanol–water partition coefficient (Wildman–Crippen LogP) is 4.58. The number of hydrogen-bond donors (Lipinski definition) is 1. The first kappa shape index (κ1) is 15.0. The van der Waals surface area contributed by atoms with Gasteiger partial charge in [0.2, 0.25) is 0 Å². The van der Waals surface area contributed by atoms with Crippen LogP contribution in [0.5, 0.6) is 0 Å². The van der Waals surface area contributed by atoms with Crippen LogP contribution in [0.4, 0.5) is 0 Å². The van der Waals surface area contributed by atoms with E-state index >= 15 is 0 Å². The standard InChI is InChI=1S/C18H26N2S/c1-15(16-8-4-2-5-9-16)10-13-19-17-20-18(14-21-17)11-6-3-7-12-18/h2,4-5,8-9,15H,3,6-7,10-14H2,1H3,(H,19,20). The maximum atomic E-state index is 4.81. The van der Waals surface area contributed by atoms with E-state index in [1.54, 1.807) is 0 Å². The summed E-state index contributed by atoms with van der Waals surface area (Å²) < 4.78 is 0. The Hall–Kier alpha value is -0.960. The number of thioether (sulfide) groups is 1.